The van der Waals surface area contributed by atoms with E-state index in [9.17, 15) is 22.0 Å². The molecule has 0 aliphatic carbocycles. The van der Waals surface area contributed by atoms with Gasteiger partial charge in [0.15, 0.2) is 5.82 Å². The fraction of sp³-hybridized carbons (Fsp3) is 0.619. The highest BCUT2D eigenvalue weighted by molar-refractivity contribution is 9.10. The summed E-state index contributed by atoms with van der Waals surface area (Å²) in [6.45, 7) is 3.08. The third-order valence-electron chi connectivity index (χ3n) is 6.09. The van der Waals surface area contributed by atoms with Crippen molar-refractivity contribution in [1.29, 1.82) is 0 Å². The first-order chi connectivity index (χ1) is 15.7. The molecule has 2 atom stereocenters. The van der Waals surface area contributed by atoms with Crippen LogP contribution in [0.2, 0.25) is 0 Å². The number of rotatable bonds is 2. The summed E-state index contributed by atoms with van der Waals surface area (Å²) in [5.41, 5.74) is -1.29. The van der Waals surface area contributed by atoms with Crippen LogP contribution < -0.4 is 9.64 Å². The molecule has 33 heavy (non-hydrogen) atoms. The van der Waals surface area contributed by atoms with Gasteiger partial charge < -0.3 is 9.64 Å². The molecule has 2 aromatic rings. The molecular weight excluding hydrogens is 531 g/mol. The zero-order chi connectivity index (χ0) is 23.8. The van der Waals surface area contributed by atoms with Gasteiger partial charge in [0.1, 0.15) is 17.5 Å². The Morgan fingerprint density at radius 1 is 1.18 bits per heavy atom. The average molecular weight is 555 g/mol. The Balaban J connectivity index is 0.000000238. The summed E-state index contributed by atoms with van der Waals surface area (Å²) in [5, 5.41) is 0.0238. The van der Waals surface area contributed by atoms with Crippen LogP contribution in [0.15, 0.2) is 10.5 Å². The number of methoxy groups -OCH3 is 1. The van der Waals surface area contributed by atoms with Gasteiger partial charge in [0, 0.05) is 42.6 Å². The molecule has 5 nitrogen and oxygen atoms in total. The van der Waals surface area contributed by atoms with Crippen molar-refractivity contribution in [2.75, 3.05) is 49.7 Å². The van der Waals surface area contributed by atoms with Gasteiger partial charge in [0.25, 0.3) is 0 Å². The van der Waals surface area contributed by atoms with Crippen molar-refractivity contribution < 1.29 is 26.7 Å². The number of aromatic nitrogens is 2. The van der Waals surface area contributed by atoms with E-state index in [-0.39, 0.29) is 22.7 Å². The van der Waals surface area contributed by atoms with E-state index in [1.54, 1.807) is 11.8 Å². The first kappa shape index (κ1) is 24.7. The molecule has 12 heteroatoms. The number of halogens is 6. The van der Waals surface area contributed by atoms with Crippen LogP contribution in [0.5, 0.6) is 6.01 Å². The number of hydrogen-bond acceptors (Lipinski definition) is 6. The largest absolute Gasteiger partial charge is 0.467 e. The molecule has 3 aliphatic heterocycles. The minimum atomic E-state index is -4.69. The van der Waals surface area contributed by atoms with Crippen LogP contribution in [-0.4, -0.2) is 71.9 Å². The third kappa shape index (κ3) is 5.32. The Labute approximate surface area is 201 Å². The van der Waals surface area contributed by atoms with Crippen molar-refractivity contribution in [3.8, 4) is 6.01 Å². The molecule has 182 valence electrons. The van der Waals surface area contributed by atoms with Gasteiger partial charge in [-0.1, -0.05) is 0 Å². The molecular formula is C21H24BrF5N4OS. The number of thioether (sulfide) groups is 1. The van der Waals surface area contributed by atoms with Crippen LogP contribution in [0, 0.1) is 5.82 Å². The molecule has 1 aromatic heterocycles. The third-order valence-corrected chi connectivity index (χ3v) is 7.81. The molecule has 2 unspecified atom stereocenters. The van der Waals surface area contributed by atoms with Gasteiger partial charge in [-0.15, -0.1) is 0 Å². The summed E-state index contributed by atoms with van der Waals surface area (Å²) in [7, 11) is 1.33. The monoisotopic (exact) mass is 554 g/mol. The van der Waals surface area contributed by atoms with E-state index in [2.05, 4.69) is 30.8 Å². The average Bonchev–Trinajstić information content (AvgIpc) is 3.36. The Hall–Kier alpha value is -1.40. The molecule has 1 aromatic carbocycles. The van der Waals surface area contributed by atoms with Crippen molar-refractivity contribution >= 4 is 44.4 Å². The number of anilines is 1. The van der Waals surface area contributed by atoms with Crippen LogP contribution in [0.3, 0.4) is 0 Å². The Bertz CT molecular complexity index is 993. The maximum absolute atomic E-state index is 14.5. The molecule has 3 aliphatic rings. The number of hydrogen-bond donors (Lipinski definition) is 0. The van der Waals surface area contributed by atoms with Gasteiger partial charge in [-0.25, -0.2) is 8.78 Å². The minimum absolute atomic E-state index is 0.0238. The second-order valence-electron chi connectivity index (χ2n) is 8.20. The van der Waals surface area contributed by atoms with E-state index in [0.29, 0.717) is 25.7 Å². The maximum Gasteiger partial charge on any atom is 0.417 e. The summed E-state index contributed by atoms with van der Waals surface area (Å²) >= 11 is 4.43. The van der Waals surface area contributed by atoms with Crippen molar-refractivity contribution in [3.05, 3.63) is 21.9 Å². The lowest BCUT2D eigenvalue weighted by atomic mass is 10.1. The highest BCUT2D eigenvalue weighted by Crippen LogP contribution is 2.41. The normalized spacial score (nSPS) is 23.4. The first-order valence-corrected chi connectivity index (χ1v) is 12.7. The summed E-state index contributed by atoms with van der Waals surface area (Å²) in [6, 6.07) is 1.42. The molecule has 5 rings (SSSR count). The molecule has 4 heterocycles. The number of alkyl halides is 4. The van der Waals surface area contributed by atoms with Gasteiger partial charge in [-0.2, -0.15) is 34.9 Å². The van der Waals surface area contributed by atoms with Gasteiger partial charge in [0.2, 0.25) is 0 Å². The van der Waals surface area contributed by atoms with E-state index >= 15 is 0 Å². The molecule has 3 fully saturated rings. The predicted molar refractivity (Wildman–Crippen MR) is 122 cm³/mol. The highest BCUT2D eigenvalue weighted by Gasteiger charge is 2.36. The summed E-state index contributed by atoms with van der Waals surface area (Å²) < 4.78 is 71.1. The van der Waals surface area contributed by atoms with Crippen molar-refractivity contribution in [3.63, 3.8) is 0 Å². The second-order valence-corrected chi connectivity index (χ2v) is 10.2. The van der Waals surface area contributed by atoms with Gasteiger partial charge in [-0.3, -0.25) is 4.90 Å². The lowest BCUT2D eigenvalue weighted by Crippen LogP contribution is -2.33. The fourth-order valence-corrected chi connectivity index (χ4v) is 5.94. The van der Waals surface area contributed by atoms with Crippen LogP contribution in [-0.2, 0) is 6.18 Å². The topological polar surface area (TPSA) is 41.5 Å². The molecule has 3 saturated heterocycles. The quantitative estimate of drug-likeness (QED) is 0.469. The van der Waals surface area contributed by atoms with E-state index < -0.39 is 28.2 Å². The summed E-state index contributed by atoms with van der Waals surface area (Å²) in [5.74, 6) is 0.819. The highest BCUT2D eigenvalue weighted by atomic mass is 79.9. The second kappa shape index (κ2) is 10.1. The zero-order valence-corrected chi connectivity index (χ0v) is 20.4. The number of nitrogens with zero attached hydrogens (tertiary/aromatic N) is 4. The lowest BCUT2D eigenvalue weighted by molar-refractivity contribution is -0.138. The summed E-state index contributed by atoms with van der Waals surface area (Å²) in [6.07, 6.45) is -1.88. The van der Waals surface area contributed by atoms with Crippen LogP contribution >= 0.6 is 27.7 Å². The van der Waals surface area contributed by atoms with Gasteiger partial charge in [-0.05, 0) is 47.8 Å². The molecule has 0 spiro atoms. The minimum Gasteiger partial charge on any atom is -0.467 e. The number of benzene rings is 1. The Morgan fingerprint density at radius 3 is 2.55 bits per heavy atom. The van der Waals surface area contributed by atoms with Crippen molar-refractivity contribution in [2.45, 2.75) is 37.7 Å². The van der Waals surface area contributed by atoms with E-state index in [4.69, 9.17) is 4.74 Å². The molecule has 0 bridgehead atoms. The predicted octanol–water partition coefficient (Wildman–Crippen LogP) is 5.30. The molecule has 0 radical (unpaired) electrons. The van der Waals surface area contributed by atoms with Crippen molar-refractivity contribution in [1.82, 2.24) is 14.9 Å². The van der Waals surface area contributed by atoms with Crippen LogP contribution in [0.1, 0.15) is 24.8 Å². The standard InChI is InChI=1S/C14H12BrF4N3OS.C7H12FN/c1-23-13-20-11-7(12(21-13)22-2-4-24-5-3-22)6-8(14(17,18)19)9(15)10(11)16;8-6-4-7-2-1-3-9(7)5-6/h6H,2-5H2,1H3;6-7H,1-5H2. The Kier molecular flexibility index (Phi) is 7.54. The van der Waals surface area contributed by atoms with Crippen LogP contribution in [0.4, 0.5) is 27.8 Å². The number of ether oxygens (including phenoxy) is 1. The molecule has 0 N–H and O–H groups in total. The summed E-state index contributed by atoms with van der Waals surface area (Å²) in [4.78, 5) is 12.2. The van der Waals surface area contributed by atoms with E-state index in [1.807, 2.05) is 4.90 Å². The Morgan fingerprint density at radius 2 is 1.91 bits per heavy atom. The van der Waals surface area contributed by atoms with Crippen LogP contribution in [0.25, 0.3) is 10.9 Å². The fourth-order valence-electron chi connectivity index (χ4n) is 4.51. The van der Waals surface area contributed by atoms with Gasteiger partial charge >= 0.3 is 12.2 Å². The maximum atomic E-state index is 14.5. The van der Waals surface area contributed by atoms with Gasteiger partial charge in [0.05, 0.1) is 17.1 Å². The molecule has 0 saturated carbocycles. The zero-order valence-electron chi connectivity index (χ0n) is 18.0. The number of fused-ring (bicyclic) bond motifs is 2. The van der Waals surface area contributed by atoms with Crippen molar-refractivity contribution in [2.24, 2.45) is 0 Å². The molecule has 0 amide bonds. The van der Waals surface area contributed by atoms with E-state index in [1.165, 1.54) is 20.0 Å². The smallest absolute Gasteiger partial charge is 0.417 e. The SMILES string of the molecule is COc1nc(N2CCSCC2)c2cc(C(F)(F)F)c(Br)c(F)c2n1.FC1CC2CCCN2C1. The first-order valence-electron chi connectivity index (χ1n) is 10.7. The lowest BCUT2D eigenvalue weighted by Gasteiger charge is -2.28. The van der Waals surface area contributed by atoms with E-state index in [0.717, 1.165) is 30.5 Å².